The van der Waals surface area contributed by atoms with Crippen molar-refractivity contribution in [1.82, 2.24) is 10.2 Å². The lowest BCUT2D eigenvalue weighted by molar-refractivity contribution is 0.320. The molecule has 0 spiro atoms. The van der Waals surface area contributed by atoms with E-state index in [-0.39, 0.29) is 0 Å². The number of likely N-dealkylation sites (N-methyl/N-ethyl adjacent to an activating group) is 1. The Morgan fingerprint density at radius 3 is 2.75 bits per heavy atom. The van der Waals surface area contributed by atoms with Crippen LogP contribution in [0.5, 0.6) is 0 Å². The number of nitrogens with zero attached hydrogens (tertiary/aromatic N) is 1. The average Bonchev–Trinajstić information content (AvgIpc) is 2.16. The molecule has 0 aromatic heterocycles. The van der Waals surface area contributed by atoms with Crippen LogP contribution in [0.15, 0.2) is 28.7 Å². The van der Waals surface area contributed by atoms with Crippen LogP contribution in [-0.2, 0) is 6.54 Å². The van der Waals surface area contributed by atoms with E-state index < -0.39 is 0 Å². The maximum Gasteiger partial charge on any atom is 0.0231 e. The second-order valence-corrected chi connectivity index (χ2v) is 5.39. The van der Waals surface area contributed by atoms with Gasteiger partial charge in [0.15, 0.2) is 0 Å². The molecule has 0 fully saturated rings. The molecule has 1 N–H and O–H groups in total. The average molecular weight is 285 g/mol. The van der Waals surface area contributed by atoms with Gasteiger partial charge in [-0.2, -0.15) is 0 Å². The fourth-order valence-corrected chi connectivity index (χ4v) is 2.02. The van der Waals surface area contributed by atoms with Crippen molar-refractivity contribution in [2.24, 2.45) is 0 Å². The standard InChI is InChI=1S/C13H21BrN2/c1-11(2)15-7-8-16(3)10-12-5-4-6-13(14)9-12/h4-6,9,11,15H,7-8,10H2,1-3H3. The molecule has 0 atom stereocenters. The smallest absolute Gasteiger partial charge is 0.0231 e. The van der Waals surface area contributed by atoms with Crippen molar-refractivity contribution in [1.29, 1.82) is 0 Å². The van der Waals surface area contributed by atoms with E-state index in [0.29, 0.717) is 6.04 Å². The molecule has 2 nitrogen and oxygen atoms in total. The zero-order chi connectivity index (χ0) is 12.0. The SMILES string of the molecule is CC(C)NCCN(C)Cc1cccc(Br)c1. The monoisotopic (exact) mass is 284 g/mol. The summed E-state index contributed by atoms with van der Waals surface area (Å²) in [7, 11) is 2.16. The third-order valence-corrected chi connectivity index (χ3v) is 2.88. The third kappa shape index (κ3) is 5.64. The zero-order valence-corrected chi connectivity index (χ0v) is 11.9. The highest BCUT2D eigenvalue weighted by atomic mass is 79.9. The minimum atomic E-state index is 0.569. The van der Waals surface area contributed by atoms with E-state index >= 15 is 0 Å². The van der Waals surface area contributed by atoms with Gasteiger partial charge in [-0.05, 0) is 24.7 Å². The molecular formula is C13H21BrN2. The van der Waals surface area contributed by atoms with Gasteiger partial charge in [0.05, 0.1) is 0 Å². The maximum atomic E-state index is 3.49. The summed E-state index contributed by atoms with van der Waals surface area (Å²) in [6, 6.07) is 9.05. The lowest BCUT2D eigenvalue weighted by Gasteiger charge is -2.18. The van der Waals surface area contributed by atoms with E-state index in [1.165, 1.54) is 5.56 Å². The molecule has 0 saturated heterocycles. The van der Waals surface area contributed by atoms with Crippen LogP contribution in [0.25, 0.3) is 0 Å². The fraction of sp³-hybridized carbons (Fsp3) is 0.538. The molecule has 0 aliphatic heterocycles. The molecule has 3 heteroatoms. The predicted octanol–water partition coefficient (Wildman–Crippen LogP) is 2.88. The Balaban J connectivity index is 2.31. The second-order valence-electron chi connectivity index (χ2n) is 4.48. The van der Waals surface area contributed by atoms with E-state index in [4.69, 9.17) is 0 Å². The summed E-state index contributed by atoms with van der Waals surface area (Å²) in [5.74, 6) is 0. The van der Waals surface area contributed by atoms with Crippen LogP contribution < -0.4 is 5.32 Å². The molecule has 1 rings (SSSR count). The van der Waals surface area contributed by atoms with Crippen LogP contribution in [-0.4, -0.2) is 31.1 Å². The minimum Gasteiger partial charge on any atom is -0.313 e. The van der Waals surface area contributed by atoms with Gasteiger partial charge in [0.25, 0.3) is 0 Å². The van der Waals surface area contributed by atoms with Crippen molar-refractivity contribution in [2.45, 2.75) is 26.4 Å². The van der Waals surface area contributed by atoms with Crippen LogP contribution in [0.1, 0.15) is 19.4 Å². The zero-order valence-electron chi connectivity index (χ0n) is 10.3. The molecule has 0 radical (unpaired) electrons. The Kier molecular flexibility index (Phi) is 6.03. The highest BCUT2D eigenvalue weighted by Gasteiger charge is 2.01. The first kappa shape index (κ1) is 13.7. The van der Waals surface area contributed by atoms with Gasteiger partial charge in [-0.1, -0.05) is 41.9 Å². The topological polar surface area (TPSA) is 15.3 Å². The Hall–Kier alpha value is -0.380. The molecule has 0 heterocycles. The molecule has 0 aliphatic carbocycles. The van der Waals surface area contributed by atoms with Crippen LogP contribution in [0.2, 0.25) is 0 Å². The molecule has 0 saturated carbocycles. The van der Waals surface area contributed by atoms with E-state index in [2.05, 4.69) is 71.3 Å². The first-order valence-corrected chi connectivity index (χ1v) is 6.53. The van der Waals surface area contributed by atoms with Gasteiger partial charge in [-0.15, -0.1) is 0 Å². The Morgan fingerprint density at radius 2 is 2.12 bits per heavy atom. The summed E-state index contributed by atoms with van der Waals surface area (Å²) in [5.41, 5.74) is 1.35. The summed E-state index contributed by atoms with van der Waals surface area (Å²) in [5, 5.41) is 3.42. The van der Waals surface area contributed by atoms with Crippen molar-refractivity contribution in [3.05, 3.63) is 34.3 Å². The Morgan fingerprint density at radius 1 is 1.38 bits per heavy atom. The Bertz CT molecular complexity index is 313. The van der Waals surface area contributed by atoms with Crippen LogP contribution in [0.4, 0.5) is 0 Å². The normalized spacial score (nSPS) is 11.4. The lowest BCUT2D eigenvalue weighted by Crippen LogP contribution is -2.32. The molecule has 0 unspecified atom stereocenters. The summed E-state index contributed by atoms with van der Waals surface area (Å²) in [6.45, 7) is 7.47. The third-order valence-electron chi connectivity index (χ3n) is 2.39. The van der Waals surface area contributed by atoms with Crippen LogP contribution >= 0.6 is 15.9 Å². The van der Waals surface area contributed by atoms with Gasteiger partial charge in [-0.3, -0.25) is 0 Å². The van der Waals surface area contributed by atoms with E-state index in [1.807, 2.05) is 0 Å². The number of halogens is 1. The molecule has 1 aromatic rings. The van der Waals surface area contributed by atoms with Crippen molar-refractivity contribution in [3.8, 4) is 0 Å². The van der Waals surface area contributed by atoms with Crippen molar-refractivity contribution in [2.75, 3.05) is 20.1 Å². The van der Waals surface area contributed by atoms with Gasteiger partial charge >= 0.3 is 0 Å². The van der Waals surface area contributed by atoms with E-state index in [0.717, 1.165) is 24.1 Å². The van der Waals surface area contributed by atoms with E-state index in [9.17, 15) is 0 Å². The van der Waals surface area contributed by atoms with Gasteiger partial charge in [-0.25, -0.2) is 0 Å². The largest absolute Gasteiger partial charge is 0.313 e. The van der Waals surface area contributed by atoms with E-state index in [1.54, 1.807) is 0 Å². The number of rotatable bonds is 6. The molecule has 0 bridgehead atoms. The highest BCUT2D eigenvalue weighted by Crippen LogP contribution is 2.12. The summed E-state index contributed by atoms with van der Waals surface area (Å²) >= 11 is 3.49. The Labute approximate surface area is 107 Å². The summed E-state index contributed by atoms with van der Waals surface area (Å²) in [6.07, 6.45) is 0. The number of nitrogens with one attached hydrogen (secondary N) is 1. The van der Waals surface area contributed by atoms with Gasteiger partial charge < -0.3 is 10.2 Å². The quantitative estimate of drug-likeness (QED) is 0.864. The maximum absolute atomic E-state index is 3.49. The van der Waals surface area contributed by atoms with Crippen molar-refractivity contribution >= 4 is 15.9 Å². The fourth-order valence-electron chi connectivity index (χ4n) is 1.57. The van der Waals surface area contributed by atoms with Crippen LogP contribution in [0.3, 0.4) is 0 Å². The molecule has 0 amide bonds. The predicted molar refractivity (Wildman–Crippen MR) is 73.6 cm³/mol. The molecule has 1 aromatic carbocycles. The lowest BCUT2D eigenvalue weighted by atomic mass is 10.2. The molecule has 0 aliphatic rings. The summed E-state index contributed by atoms with van der Waals surface area (Å²) in [4.78, 5) is 2.33. The minimum absolute atomic E-state index is 0.569. The van der Waals surface area contributed by atoms with Crippen LogP contribution in [0, 0.1) is 0 Å². The number of benzene rings is 1. The molecular weight excluding hydrogens is 264 g/mol. The number of hydrogen-bond acceptors (Lipinski definition) is 2. The molecule has 90 valence electrons. The van der Waals surface area contributed by atoms with Gasteiger partial charge in [0.1, 0.15) is 0 Å². The highest BCUT2D eigenvalue weighted by molar-refractivity contribution is 9.10. The van der Waals surface area contributed by atoms with Crippen molar-refractivity contribution < 1.29 is 0 Å². The number of hydrogen-bond donors (Lipinski definition) is 1. The second kappa shape index (κ2) is 7.05. The van der Waals surface area contributed by atoms with Crippen molar-refractivity contribution in [3.63, 3.8) is 0 Å². The first-order chi connectivity index (χ1) is 7.58. The molecule has 16 heavy (non-hydrogen) atoms. The summed E-state index contributed by atoms with van der Waals surface area (Å²) < 4.78 is 1.15. The van der Waals surface area contributed by atoms with Gasteiger partial charge in [0.2, 0.25) is 0 Å². The van der Waals surface area contributed by atoms with Gasteiger partial charge in [0, 0.05) is 30.1 Å². The first-order valence-electron chi connectivity index (χ1n) is 5.74.